The summed E-state index contributed by atoms with van der Waals surface area (Å²) in [6.45, 7) is 4.02. The minimum absolute atomic E-state index is 0. The Morgan fingerprint density at radius 2 is 1.96 bits per heavy atom. The lowest BCUT2D eigenvalue weighted by Crippen LogP contribution is -2.46. The van der Waals surface area contributed by atoms with Gasteiger partial charge >= 0.3 is 0 Å². The summed E-state index contributed by atoms with van der Waals surface area (Å²) in [5.74, 6) is 3.29. The lowest BCUT2D eigenvalue weighted by atomic mass is 9.96. The lowest BCUT2D eigenvalue weighted by Gasteiger charge is -2.29. The zero-order valence-corrected chi connectivity index (χ0v) is 18.0. The average molecular weight is 475 g/mol. The van der Waals surface area contributed by atoms with Crippen molar-refractivity contribution in [1.29, 1.82) is 0 Å². The van der Waals surface area contributed by atoms with Gasteiger partial charge in [-0.15, -0.1) is 24.0 Å². The molecule has 146 valence electrons. The SMILES string of the molecule is CN=C(NCC1COc2ccccc2O1)N(C)CCC1CCOCC1.I. The normalized spacial score (nSPS) is 20.2. The molecule has 7 heteroatoms. The second-order valence-electron chi connectivity index (χ2n) is 6.69. The monoisotopic (exact) mass is 475 g/mol. The number of nitrogens with one attached hydrogen (secondary N) is 1. The molecule has 26 heavy (non-hydrogen) atoms. The first-order chi connectivity index (χ1) is 12.3. The van der Waals surface area contributed by atoms with E-state index in [1.54, 1.807) is 0 Å². The molecule has 2 aliphatic rings. The first kappa shape index (κ1) is 21.1. The Labute approximate surface area is 173 Å². The van der Waals surface area contributed by atoms with Crippen molar-refractivity contribution in [2.45, 2.75) is 25.4 Å². The molecule has 2 heterocycles. The first-order valence-electron chi connectivity index (χ1n) is 9.14. The van der Waals surface area contributed by atoms with E-state index >= 15 is 0 Å². The second-order valence-corrected chi connectivity index (χ2v) is 6.69. The number of guanidine groups is 1. The molecule has 0 aliphatic carbocycles. The summed E-state index contributed by atoms with van der Waals surface area (Å²) in [5, 5.41) is 3.40. The third-order valence-electron chi connectivity index (χ3n) is 4.84. The fourth-order valence-electron chi connectivity index (χ4n) is 3.27. The summed E-state index contributed by atoms with van der Waals surface area (Å²) in [4.78, 5) is 6.58. The topological polar surface area (TPSA) is 55.3 Å². The number of fused-ring (bicyclic) bond motifs is 1. The number of ether oxygens (including phenoxy) is 3. The molecule has 3 rings (SSSR count). The Balaban J connectivity index is 0.00000243. The lowest BCUT2D eigenvalue weighted by molar-refractivity contribution is 0.0624. The molecule has 0 aromatic heterocycles. The van der Waals surface area contributed by atoms with Crippen LogP contribution in [0, 0.1) is 5.92 Å². The number of hydrogen-bond donors (Lipinski definition) is 1. The summed E-state index contributed by atoms with van der Waals surface area (Å²) in [7, 11) is 3.91. The summed E-state index contributed by atoms with van der Waals surface area (Å²) in [6.07, 6.45) is 3.51. The van der Waals surface area contributed by atoms with Crippen LogP contribution in [-0.4, -0.2) is 64.0 Å². The Morgan fingerprint density at radius 1 is 1.23 bits per heavy atom. The highest BCUT2D eigenvalue weighted by atomic mass is 127. The maximum absolute atomic E-state index is 5.99. The maximum atomic E-state index is 5.99. The van der Waals surface area contributed by atoms with E-state index in [1.807, 2.05) is 31.3 Å². The third-order valence-corrected chi connectivity index (χ3v) is 4.84. The zero-order chi connectivity index (χ0) is 17.5. The van der Waals surface area contributed by atoms with Gasteiger partial charge in [-0.3, -0.25) is 4.99 Å². The van der Waals surface area contributed by atoms with Crippen molar-refractivity contribution < 1.29 is 14.2 Å². The zero-order valence-electron chi connectivity index (χ0n) is 15.6. The highest BCUT2D eigenvalue weighted by Gasteiger charge is 2.21. The molecule has 1 aromatic rings. The molecule has 1 N–H and O–H groups in total. The standard InChI is InChI=1S/C19H29N3O3.HI/c1-20-19(22(2)10-7-15-8-11-23-12-9-15)21-13-16-14-24-17-5-3-4-6-18(17)25-16;/h3-6,15-16H,7-14H2,1-2H3,(H,20,21);1H. The van der Waals surface area contributed by atoms with E-state index in [2.05, 4.69) is 22.3 Å². The van der Waals surface area contributed by atoms with Crippen LogP contribution >= 0.6 is 24.0 Å². The van der Waals surface area contributed by atoms with Crippen LogP contribution in [0.15, 0.2) is 29.3 Å². The Morgan fingerprint density at radius 3 is 2.69 bits per heavy atom. The molecule has 0 spiro atoms. The van der Waals surface area contributed by atoms with Crippen molar-refractivity contribution in [2.75, 3.05) is 47.0 Å². The molecule has 0 saturated carbocycles. The van der Waals surface area contributed by atoms with Gasteiger partial charge in [0.25, 0.3) is 0 Å². The summed E-state index contributed by atoms with van der Waals surface area (Å²) >= 11 is 0. The quantitative estimate of drug-likeness (QED) is 0.404. The molecule has 2 aliphatic heterocycles. The summed E-state index contributed by atoms with van der Waals surface area (Å²) in [6, 6.07) is 7.79. The van der Waals surface area contributed by atoms with Crippen molar-refractivity contribution in [3.05, 3.63) is 24.3 Å². The van der Waals surface area contributed by atoms with Crippen molar-refractivity contribution in [3.8, 4) is 11.5 Å². The minimum Gasteiger partial charge on any atom is -0.486 e. The number of hydrogen-bond acceptors (Lipinski definition) is 4. The van der Waals surface area contributed by atoms with E-state index in [-0.39, 0.29) is 30.1 Å². The van der Waals surface area contributed by atoms with Gasteiger partial charge in [0, 0.05) is 33.9 Å². The third kappa shape index (κ3) is 5.90. The summed E-state index contributed by atoms with van der Waals surface area (Å²) < 4.78 is 17.2. The second kappa shape index (κ2) is 10.8. The fourth-order valence-corrected chi connectivity index (χ4v) is 3.27. The molecule has 0 amide bonds. The van der Waals surface area contributed by atoms with Gasteiger partial charge in [-0.1, -0.05) is 12.1 Å². The highest BCUT2D eigenvalue weighted by Crippen LogP contribution is 2.30. The van der Waals surface area contributed by atoms with Gasteiger partial charge < -0.3 is 24.4 Å². The van der Waals surface area contributed by atoms with E-state index < -0.39 is 0 Å². The van der Waals surface area contributed by atoms with Gasteiger partial charge in [-0.2, -0.15) is 0 Å². The number of benzene rings is 1. The van der Waals surface area contributed by atoms with Crippen molar-refractivity contribution in [1.82, 2.24) is 10.2 Å². The molecule has 1 unspecified atom stereocenters. The summed E-state index contributed by atoms with van der Waals surface area (Å²) in [5.41, 5.74) is 0. The smallest absolute Gasteiger partial charge is 0.193 e. The molecule has 1 atom stereocenters. The van der Waals surface area contributed by atoms with Crippen LogP contribution in [0.4, 0.5) is 0 Å². The Hall–Kier alpha value is -1.22. The minimum atomic E-state index is -0.0180. The van der Waals surface area contributed by atoms with E-state index in [0.29, 0.717) is 13.2 Å². The number of rotatable bonds is 5. The van der Waals surface area contributed by atoms with Gasteiger partial charge in [0.15, 0.2) is 17.5 Å². The highest BCUT2D eigenvalue weighted by molar-refractivity contribution is 14.0. The van der Waals surface area contributed by atoms with Crippen molar-refractivity contribution >= 4 is 29.9 Å². The number of nitrogens with zero attached hydrogens (tertiary/aromatic N) is 2. The molecule has 1 fully saturated rings. The largest absolute Gasteiger partial charge is 0.486 e. The Kier molecular flexibility index (Phi) is 8.77. The number of para-hydroxylation sites is 2. The first-order valence-corrected chi connectivity index (χ1v) is 9.14. The van der Waals surface area contributed by atoms with E-state index in [9.17, 15) is 0 Å². The molecule has 1 saturated heterocycles. The van der Waals surface area contributed by atoms with Gasteiger partial charge in [-0.05, 0) is 37.3 Å². The van der Waals surface area contributed by atoms with Gasteiger partial charge in [0.1, 0.15) is 12.7 Å². The van der Waals surface area contributed by atoms with Crippen LogP contribution in [0.25, 0.3) is 0 Å². The molecule has 6 nitrogen and oxygen atoms in total. The predicted octanol–water partition coefficient (Wildman–Crippen LogP) is 2.77. The van der Waals surface area contributed by atoms with Crippen molar-refractivity contribution in [2.24, 2.45) is 10.9 Å². The van der Waals surface area contributed by atoms with E-state index in [1.165, 1.54) is 19.3 Å². The van der Waals surface area contributed by atoms with Crippen molar-refractivity contribution in [3.63, 3.8) is 0 Å². The Bertz CT molecular complexity index is 579. The van der Waals surface area contributed by atoms with Gasteiger partial charge in [-0.25, -0.2) is 0 Å². The van der Waals surface area contributed by atoms with Crippen LogP contribution in [-0.2, 0) is 4.74 Å². The number of halogens is 1. The average Bonchev–Trinajstić information content (AvgIpc) is 2.67. The molecular formula is C19H30IN3O3. The molecule has 0 bridgehead atoms. The van der Waals surface area contributed by atoms with E-state index in [4.69, 9.17) is 14.2 Å². The van der Waals surface area contributed by atoms with Gasteiger partial charge in [0.2, 0.25) is 0 Å². The maximum Gasteiger partial charge on any atom is 0.193 e. The predicted molar refractivity (Wildman–Crippen MR) is 114 cm³/mol. The number of aliphatic imine (C=N–C) groups is 1. The van der Waals surface area contributed by atoms with Crippen LogP contribution in [0.2, 0.25) is 0 Å². The van der Waals surface area contributed by atoms with Gasteiger partial charge in [0.05, 0.1) is 6.54 Å². The fraction of sp³-hybridized carbons (Fsp3) is 0.632. The molecule has 0 radical (unpaired) electrons. The van der Waals surface area contributed by atoms with Crippen LogP contribution in [0.3, 0.4) is 0 Å². The van der Waals surface area contributed by atoms with Crippen LogP contribution in [0.5, 0.6) is 11.5 Å². The van der Waals surface area contributed by atoms with Crippen LogP contribution < -0.4 is 14.8 Å². The van der Waals surface area contributed by atoms with Crippen LogP contribution in [0.1, 0.15) is 19.3 Å². The molecule has 1 aromatic carbocycles. The van der Waals surface area contributed by atoms with E-state index in [0.717, 1.165) is 43.1 Å². The molecular weight excluding hydrogens is 445 g/mol.